The van der Waals surface area contributed by atoms with Crippen LogP contribution in [0.2, 0.25) is 0 Å². The molecule has 0 radical (unpaired) electrons. The van der Waals surface area contributed by atoms with Gasteiger partial charge in [0.1, 0.15) is 11.0 Å². The van der Waals surface area contributed by atoms with Crippen molar-refractivity contribution in [2.45, 2.75) is 12.8 Å². The lowest BCUT2D eigenvalue weighted by atomic mass is 10.2. The predicted molar refractivity (Wildman–Crippen MR) is 109 cm³/mol. The van der Waals surface area contributed by atoms with Crippen LogP contribution in [0.4, 0.5) is 0 Å². The molecule has 1 aliphatic rings. The molecule has 4 aromatic rings. The van der Waals surface area contributed by atoms with E-state index in [0.29, 0.717) is 10.9 Å². The van der Waals surface area contributed by atoms with Crippen LogP contribution in [0.25, 0.3) is 28.3 Å². The lowest BCUT2D eigenvalue weighted by Crippen LogP contribution is -2.32. The Morgan fingerprint density at radius 1 is 1.07 bits per heavy atom. The molecule has 0 aliphatic carbocycles. The summed E-state index contributed by atoms with van der Waals surface area (Å²) in [4.78, 5) is 18.1. The number of hydrogen-bond acceptors (Lipinski definition) is 4. The fourth-order valence-electron chi connectivity index (χ4n) is 3.78. The lowest BCUT2D eigenvalue weighted by molar-refractivity contribution is 0.415. The molecule has 1 fully saturated rings. The molecule has 2 aromatic heterocycles. The maximum absolute atomic E-state index is 13.3. The summed E-state index contributed by atoms with van der Waals surface area (Å²) >= 11 is 0. The minimum absolute atomic E-state index is 0.0422. The van der Waals surface area contributed by atoms with Crippen molar-refractivity contribution in [2.24, 2.45) is 0 Å². The molecule has 0 atom stereocenters. The molecule has 0 spiro atoms. The quantitative estimate of drug-likeness (QED) is 0.600. The summed E-state index contributed by atoms with van der Waals surface area (Å²) in [7, 11) is 1.65. The van der Waals surface area contributed by atoms with Crippen LogP contribution in [-0.4, -0.2) is 27.8 Å². The zero-order valence-electron chi connectivity index (χ0n) is 15.6. The van der Waals surface area contributed by atoms with Crippen LogP contribution in [0.15, 0.2) is 65.6 Å². The van der Waals surface area contributed by atoms with E-state index < -0.39 is 0 Å². The van der Waals surface area contributed by atoms with Gasteiger partial charge in [-0.1, -0.05) is 18.2 Å². The largest absolute Gasteiger partial charge is 0.497 e. The molecule has 0 saturated carbocycles. The Morgan fingerprint density at radius 2 is 1.86 bits per heavy atom. The van der Waals surface area contributed by atoms with E-state index in [2.05, 4.69) is 5.32 Å². The van der Waals surface area contributed by atoms with Crippen molar-refractivity contribution in [3.05, 3.63) is 76.4 Å². The van der Waals surface area contributed by atoms with Gasteiger partial charge in [-0.05, 0) is 49.2 Å². The van der Waals surface area contributed by atoms with Crippen molar-refractivity contribution >= 4 is 11.3 Å². The Balaban J connectivity index is 1.79. The molecule has 28 heavy (non-hydrogen) atoms. The smallest absolute Gasteiger partial charge is 0.283 e. The predicted octanol–water partition coefficient (Wildman–Crippen LogP) is 2.37. The van der Waals surface area contributed by atoms with Gasteiger partial charge in [0.25, 0.3) is 5.56 Å². The van der Waals surface area contributed by atoms with Gasteiger partial charge in [-0.15, -0.1) is 0 Å². The van der Waals surface area contributed by atoms with Crippen LogP contribution in [0.5, 0.6) is 5.75 Å². The first kappa shape index (κ1) is 16.6. The number of hydrogen-bond donors (Lipinski definition) is 1. The van der Waals surface area contributed by atoms with E-state index in [1.807, 2.05) is 65.3 Å². The molecule has 0 unspecified atom stereocenters. The van der Waals surface area contributed by atoms with Crippen LogP contribution in [0, 0.1) is 0 Å². The molecular formula is C22H20N4O2. The van der Waals surface area contributed by atoms with E-state index in [1.165, 1.54) is 0 Å². The first-order chi connectivity index (χ1) is 13.8. The van der Waals surface area contributed by atoms with Crippen LogP contribution in [-0.2, 0) is 0 Å². The second kappa shape index (κ2) is 6.56. The van der Waals surface area contributed by atoms with E-state index in [-0.39, 0.29) is 5.56 Å². The Labute approximate surface area is 161 Å². The number of methoxy groups -OCH3 is 1. The van der Waals surface area contributed by atoms with E-state index in [0.717, 1.165) is 47.8 Å². The minimum atomic E-state index is -0.0422. The number of rotatable bonds is 3. The summed E-state index contributed by atoms with van der Waals surface area (Å²) in [5, 5.41) is 4.04. The van der Waals surface area contributed by atoms with Crippen LogP contribution < -0.4 is 20.8 Å². The van der Waals surface area contributed by atoms with E-state index in [1.54, 1.807) is 11.8 Å². The van der Waals surface area contributed by atoms with Gasteiger partial charge in [0, 0.05) is 17.8 Å². The van der Waals surface area contributed by atoms with Crippen molar-refractivity contribution in [1.82, 2.24) is 19.5 Å². The van der Waals surface area contributed by atoms with Gasteiger partial charge in [0.05, 0.1) is 24.7 Å². The lowest BCUT2D eigenvalue weighted by Gasteiger charge is -2.03. The van der Waals surface area contributed by atoms with Gasteiger partial charge in [-0.3, -0.25) is 4.79 Å². The molecule has 2 aromatic carbocycles. The topological polar surface area (TPSA) is 60.6 Å². The van der Waals surface area contributed by atoms with Gasteiger partial charge in [0.2, 0.25) is 0 Å². The highest BCUT2D eigenvalue weighted by Crippen LogP contribution is 2.22. The molecule has 140 valence electrons. The molecular weight excluding hydrogens is 352 g/mol. The molecule has 1 aliphatic heterocycles. The number of para-hydroxylation sites is 1. The van der Waals surface area contributed by atoms with Crippen LogP contribution >= 0.6 is 0 Å². The third-order valence-corrected chi connectivity index (χ3v) is 5.16. The standard InChI is InChI=1S/C22H20N4O2/c1-28-17-11-9-15(10-12-17)19-14-25-21(24-19)20(18-8-5-13-23-18)22(27)26(25)16-6-3-2-4-7-16/h2-4,6-7,9-12,14,23H,5,8,13H2,1H3. The van der Waals surface area contributed by atoms with Gasteiger partial charge in [-0.25, -0.2) is 14.2 Å². The van der Waals surface area contributed by atoms with E-state index >= 15 is 0 Å². The van der Waals surface area contributed by atoms with Crippen LogP contribution in [0.1, 0.15) is 12.8 Å². The van der Waals surface area contributed by atoms with Gasteiger partial charge < -0.3 is 10.1 Å². The molecule has 1 N–H and O–H groups in total. The average molecular weight is 372 g/mol. The summed E-state index contributed by atoms with van der Waals surface area (Å²) in [5.41, 5.74) is 4.25. The summed E-state index contributed by atoms with van der Waals surface area (Å²) in [6, 6.07) is 17.5. The Bertz CT molecular complexity index is 1250. The number of fused-ring (bicyclic) bond motifs is 1. The fourth-order valence-corrected chi connectivity index (χ4v) is 3.78. The highest BCUT2D eigenvalue weighted by Gasteiger charge is 2.20. The Kier molecular flexibility index (Phi) is 3.90. The second-order valence-electron chi connectivity index (χ2n) is 6.86. The molecule has 0 amide bonds. The van der Waals surface area contributed by atoms with Crippen molar-refractivity contribution < 1.29 is 4.74 Å². The normalized spacial score (nSPS) is 15.8. The minimum Gasteiger partial charge on any atom is -0.497 e. The number of ether oxygens (including phenoxy) is 1. The van der Waals surface area contributed by atoms with Gasteiger partial charge in [-0.2, -0.15) is 0 Å². The third kappa shape index (κ3) is 2.57. The van der Waals surface area contributed by atoms with Crippen molar-refractivity contribution in [1.29, 1.82) is 0 Å². The van der Waals surface area contributed by atoms with Crippen molar-refractivity contribution in [2.75, 3.05) is 13.7 Å². The number of imidazole rings is 1. The van der Waals surface area contributed by atoms with Gasteiger partial charge >= 0.3 is 0 Å². The zero-order valence-corrected chi connectivity index (χ0v) is 15.6. The summed E-state index contributed by atoms with van der Waals surface area (Å²) in [5.74, 6) is 0.801. The maximum Gasteiger partial charge on any atom is 0.283 e. The fraction of sp³-hybridized carbons (Fsp3) is 0.182. The monoisotopic (exact) mass is 372 g/mol. The molecule has 1 saturated heterocycles. The average Bonchev–Trinajstić information content (AvgIpc) is 3.45. The number of benzene rings is 2. The molecule has 0 bridgehead atoms. The van der Waals surface area contributed by atoms with Crippen molar-refractivity contribution in [3.63, 3.8) is 0 Å². The summed E-state index contributed by atoms with van der Waals surface area (Å²) < 4.78 is 8.80. The molecule has 6 nitrogen and oxygen atoms in total. The van der Waals surface area contributed by atoms with E-state index in [9.17, 15) is 4.79 Å². The number of nitrogens with one attached hydrogen (secondary N) is 1. The Morgan fingerprint density at radius 3 is 2.54 bits per heavy atom. The molecule has 5 rings (SSSR count). The molecule has 3 heterocycles. The Hall–Kier alpha value is -3.54. The van der Waals surface area contributed by atoms with Crippen molar-refractivity contribution in [3.8, 4) is 22.7 Å². The van der Waals surface area contributed by atoms with Crippen LogP contribution in [0.3, 0.4) is 0 Å². The first-order valence-electron chi connectivity index (χ1n) is 9.37. The molecule has 6 heteroatoms. The maximum atomic E-state index is 13.3. The number of nitrogens with zero attached hydrogens (tertiary/aromatic N) is 3. The highest BCUT2D eigenvalue weighted by atomic mass is 16.5. The third-order valence-electron chi connectivity index (χ3n) is 5.16. The zero-order chi connectivity index (χ0) is 19.1. The van der Waals surface area contributed by atoms with Gasteiger partial charge in [0.15, 0.2) is 5.65 Å². The SMILES string of the molecule is COc1ccc(-c2cn3c(n2)c(=C2CCCN2)c(=O)n3-c2ccccc2)cc1. The highest BCUT2D eigenvalue weighted by molar-refractivity contribution is 5.66. The second-order valence-corrected chi connectivity index (χ2v) is 6.86. The number of aromatic nitrogens is 3. The first-order valence-corrected chi connectivity index (χ1v) is 9.37. The summed E-state index contributed by atoms with van der Waals surface area (Å²) in [6.07, 6.45) is 3.82. The summed E-state index contributed by atoms with van der Waals surface area (Å²) in [6.45, 7) is 0.892. The van der Waals surface area contributed by atoms with E-state index in [4.69, 9.17) is 9.72 Å².